The second kappa shape index (κ2) is 9.77. The van der Waals surface area contributed by atoms with Crippen LogP contribution >= 0.6 is 0 Å². The van der Waals surface area contributed by atoms with E-state index >= 15 is 0 Å². The van der Waals surface area contributed by atoms with Gasteiger partial charge in [0.1, 0.15) is 0 Å². The zero-order valence-corrected chi connectivity index (χ0v) is 13.9. The van der Waals surface area contributed by atoms with E-state index in [-0.39, 0.29) is 5.54 Å². The summed E-state index contributed by atoms with van der Waals surface area (Å²) in [4.78, 5) is 0. The Bertz CT molecular complexity index is 201. The van der Waals surface area contributed by atoms with Crippen LogP contribution in [-0.4, -0.2) is 12.1 Å². The van der Waals surface area contributed by atoms with Crippen molar-refractivity contribution in [3.8, 4) is 0 Å². The van der Waals surface area contributed by atoms with E-state index in [9.17, 15) is 0 Å². The molecule has 19 heavy (non-hydrogen) atoms. The highest BCUT2D eigenvalue weighted by atomic mass is 14.8. The normalized spacial score (nSPS) is 12.9. The maximum atomic E-state index is 6.97. The monoisotopic (exact) mass is 270 g/mol. The molecule has 0 aromatic heterocycles. The Balaban J connectivity index is 5.29. The van der Waals surface area contributed by atoms with Crippen LogP contribution in [0.3, 0.4) is 0 Å². The average molecular weight is 271 g/mol. The molecule has 0 unspecified atom stereocenters. The van der Waals surface area contributed by atoms with Crippen molar-refractivity contribution in [2.24, 2.45) is 16.9 Å². The Morgan fingerprint density at radius 1 is 0.684 bits per heavy atom. The lowest BCUT2D eigenvalue weighted by Gasteiger charge is -2.50. The summed E-state index contributed by atoms with van der Waals surface area (Å²) in [7, 11) is 0. The molecule has 0 amide bonds. The van der Waals surface area contributed by atoms with Gasteiger partial charge in [-0.1, -0.05) is 53.4 Å². The molecule has 0 bridgehead atoms. The maximum Gasteiger partial charge on any atom is 0.0211 e. The fraction of sp³-hybridized carbons (Fsp3) is 1.00. The molecular weight excluding hydrogens is 232 g/mol. The van der Waals surface area contributed by atoms with Crippen LogP contribution in [0.25, 0.3) is 0 Å². The SMILES string of the molecule is CCCC(N)(CCC)C(CCC)(CCC)CCCN. The molecule has 0 aliphatic rings. The molecule has 0 saturated heterocycles. The minimum Gasteiger partial charge on any atom is -0.330 e. The fourth-order valence-electron chi connectivity index (χ4n) is 4.07. The van der Waals surface area contributed by atoms with E-state index in [1.165, 1.54) is 44.9 Å². The van der Waals surface area contributed by atoms with Crippen LogP contribution in [0.15, 0.2) is 0 Å². The van der Waals surface area contributed by atoms with Gasteiger partial charge in [-0.05, 0) is 50.5 Å². The Kier molecular flexibility index (Phi) is 9.72. The van der Waals surface area contributed by atoms with Crippen LogP contribution < -0.4 is 11.5 Å². The first-order chi connectivity index (χ1) is 9.05. The smallest absolute Gasteiger partial charge is 0.0211 e. The fourth-order valence-corrected chi connectivity index (χ4v) is 4.07. The number of hydrogen-bond donors (Lipinski definition) is 2. The van der Waals surface area contributed by atoms with Crippen molar-refractivity contribution in [1.82, 2.24) is 0 Å². The Hall–Kier alpha value is -0.0800. The maximum absolute atomic E-state index is 6.97. The van der Waals surface area contributed by atoms with Crippen LogP contribution in [0.4, 0.5) is 0 Å². The molecule has 0 aromatic rings. The van der Waals surface area contributed by atoms with E-state index in [1.54, 1.807) is 0 Å². The summed E-state index contributed by atoms with van der Waals surface area (Å²) in [5.41, 5.74) is 13.1. The summed E-state index contributed by atoms with van der Waals surface area (Å²) < 4.78 is 0. The predicted molar refractivity (Wildman–Crippen MR) is 87.3 cm³/mol. The van der Waals surface area contributed by atoms with Gasteiger partial charge in [-0.3, -0.25) is 0 Å². The van der Waals surface area contributed by atoms with E-state index in [2.05, 4.69) is 27.7 Å². The van der Waals surface area contributed by atoms with Crippen LogP contribution in [0.1, 0.15) is 91.9 Å². The molecule has 116 valence electrons. The van der Waals surface area contributed by atoms with E-state index in [0.29, 0.717) is 5.41 Å². The molecule has 4 N–H and O–H groups in total. The molecule has 2 nitrogen and oxygen atoms in total. The molecular formula is C17H38N2. The van der Waals surface area contributed by atoms with Crippen molar-refractivity contribution in [3.05, 3.63) is 0 Å². The van der Waals surface area contributed by atoms with Gasteiger partial charge < -0.3 is 11.5 Å². The van der Waals surface area contributed by atoms with E-state index in [4.69, 9.17) is 11.5 Å². The van der Waals surface area contributed by atoms with Crippen LogP contribution in [0.2, 0.25) is 0 Å². The zero-order chi connectivity index (χ0) is 14.8. The molecule has 2 heteroatoms. The van der Waals surface area contributed by atoms with Gasteiger partial charge in [0.2, 0.25) is 0 Å². The predicted octanol–water partition coefficient (Wildman–Crippen LogP) is 4.61. The molecule has 0 aliphatic carbocycles. The summed E-state index contributed by atoms with van der Waals surface area (Å²) >= 11 is 0. The van der Waals surface area contributed by atoms with Gasteiger partial charge >= 0.3 is 0 Å². The lowest BCUT2D eigenvalue weighted by molar-refractivity contribution is 0.0597. The molecule has 0 rings (SSSR count). The van der Waals surface area contributed by atoms with E-state index in [1.807, 2.05) is 0 Å². The zero-order valence-electron chi connectivity index (χ0n) is 13.9. The molecule has 0 radical (unpaired) electrons. The third-order valence-electron chi connectivity index (χ3n) is 4.76. The van der Waals surface area contributed by atoms with E-state index in [0.717, 1.165) is 25.8 Å². The first-order valence-electron chi connectivity index (χ1n) is 8.54. The van der Waals surface area contributed by atoms with Crippen molar-refractivity contribution >= 4 is 0 Å². The summed E-state index contributed by atoms with van der Waals surface area (Å²) in [6, 6.07) is 0. The lowest BCUT2D eigenvalue weighted by atomic mass is 9.59. The summed E-state index contributed by atoms with van der Waals surface area (Å²) in [5.74, 6) is 0. The second-order valence-electron chi connectivity index (χ2n) is 6.33. The largest absolute Gasteiger partial charge is 0.330 e. The van der Waals surface area contributed by atoms with Gasteiger partial charge in [0.25, 0.3) is 0 Å². The van der Waals surface area contributed by atoms with Crippen molar-refractivity contribution in [3.63, 3.8) is 0 Å². The lowest BCUT2D eigenvalue weighted by Crippen LogP contribution is -2.55. The third-order valence-corrected chi connectivity index (χ3v) is 4.76. The van der Waals surface area contributed by atoms with Crippen molar-refractivity contribution < 1.29 is 0 Å². The minimum absolute atomic E-state index is 0.0116. The molecule has 0 spiro atoms. The topological polar surface area (TPSA) is 52.0 Å². The van der Waals surface area contributed by atoms with Gasteiger partial charge in [0.15, 0.2) is 0 Å². The molecule has 0 aromatic carbocycles. The summed E-state index contributed by atoms with van der Waals surface area (Å²) in [5, 5.41) is 0. The average Bonchev–Trinajstić information content (AvgIpc) is 2.37. The highest BCUT2D eigenvalue weighted by molar-refractivity contribution is 5.01. The highest BCUT2D eigenvalue weighted by Crippen LogP contribution is 2.47. The van der Waals surface area contributed by atoms with Gasteiger partial charge in [-0.15, -0.1) is 0 Å². The Morgan fingerprint density at radius 2 is 1.11 bits per heavy atom. The van der Waals surface area contributed by atoms with Crippen molar-refractivity contribution in [2.75, 3.05) is 6.54 Å². The van der Waals surface area contributed by atoms with Gasteiger partial charge in [0.05, 0.1) is 0 Å². The van der Waals surface area contributed by atoms with Gasteiger partial charge in [-0.2, -0.15) is 0 Å². The van der Waals surface area contributed by atoms with Gasteiger partial charge in [0, 0.05) is 5.54 Å². The van der Waals surface area contributed by atoms with Crippen molar-refractivity contribution in [1.29, 1.82) is 0 Å². The van der Waals surface area contributed by atoms with Gasteiger partial charge in [-0.25, -0.2) is 0 Å². The van der Waals surface area contributed by atoms with Crippen LogP contribution in [0, 0.1) is 5.41 Å². The minimum atomic E-state index is 0.0116. The summed E-state index contributed by atoms with van der Waals surface area (Å²) in [6.07, 6.45) is 12.0. The Morgan fingerprint density at radius 3 is 1.42 bits per heavy atom. The molecule has 0 aliphatic heterocycles. The first kappa shape index (κ1) is 18.9. The van der Waals surface area contributed by atoms with Crippen LogP contribution in [0.5, 0.6) is 0 Å². The third kappa shape index (κ3) is 5.07. The van der Waals surface area contributed by atoms with Crippen molar-refractivity contribution in [2.45, 2.75) is 97.4 Å². The summed E-state index contributed by atoms with van der Waals surface area (Å²) in [6.45, 7) is 9.92. The molecule has 0 heterocycles. The number of rotatable bonds is 12. The van der Waals surface area contributed by atoms with E-state index < -0.39 is 0 Å². The highest BCUT2D eigenvalue weighted by Gasteiger charge is 2.45. The molecule has 0 atom stereocenters. The van der Waals surface area contributed by atoms with Crippen LogP contribution in [-0.2, 0) is 0 Å². The quantitative estimate of drug-likeness (QED) is 0.544. The standard InChI is InChI=1S/C17H38N2/c1-5-10-16(11-6-2,14-9-15-18)17(19,12-7-3)13-8-4/h5-15,18-19H2,1-4H3. The number of hydrogen-bond acceptors (Lipinski definition) is 2. The molecule has 0 saturated carbocycles. The number of nitrogens with two attached hydrogens (primary N) is 2. The first-order valence-corrected chi connectivity index (χ1v) is 8.54. The second-order valence-corrected chi connectivity index (χ2v) is 6.33. The molecule has 0 fully saturated rings. The Labute approximate surface area is 121 Å².